The molecular formula is C43H34O. The molecule has 0 saturated carbocycles. The van der Waals surface area contributed by atoms with Crippen molar-refractivity contribution in [2.75, 3.05) is 0 Å². The quantitative estimate of drug-likeness (QED) is 0.194. The third-order valence-electron chi connectivity index (χ3n) is 10.1. The van der Waals surface area contributed by atoms with E-state index in [-0.39, 0.29) is 0 Å². The van der Waals surface area contributed by atoms with E-state index in [2.05, 4.69) is 140 Å². The van der Waals surface area contributed by atoms with Gasteiger partial charge < -0.3 is 4.42 Å². The van der Waals surface area contributed by atoms with Gasteiger partial charge in [0.1, 0.15) is 11.2 Å². The van der Waals surface area contributed by atoms with Gasteiger partial charge in [-0.2, -0.15) is 0 Å². The third-order valence-corrected chi connectivity index (χ3v) is 10.1. The topological polar surface area (TPSA) is 13.1 Å². The van der Waals surface area contributed by atoms with Crippen LogP contribution >= 0.6 is 0 Å². The number of benzene rings is 5. The average Bonchev–Trinajstić information content (AvgIpc) is 3.43. The summed E-state index contributed by atoms with van der Waals surface area (Å²) < 4.78 is 6.41. The van der Waals surface area contributed by atoms with E-state index in [9.17, 15) is 0 Å². The minimum atomic E-state index is 0.297. The van der Waals surface area contributed by atoms with Crippen molar-refractivity contribution in [3.05, 3.63) is 161 Å². The molecule has 3 aliphatic carbocycles. The maximum Gasteiger partial charge on any atom is 0.136 e. The van der Waals surface area contributed by atoms with Gasteiger partial charge in [0.05, 0.1) is 0 Å². The summed E-state index contributed by atoms with van der Waals surface area (Å²) in [7, 11) is 0. The van der Waals surface area contributed by atoms with Crippen molar-refractivity contribution in [1.82, 2.24) is 0 Å². The van der Waals surface area contributed by atoms with Crippen LogP contribution in [0.15, 0.2) is 155 Å². The first-order valence-corrected chi connectivity index (χ1v) is 16.0. The van der Waals surface area contributed by atoms with Crippen LogP contribution in [0.25, 0.3) is 49.4 Å². The molecule has 1 heterocycles. The summed E-state index contributed by atoms with van der Waals surface area (Å²) in [4.78, 5) is 0. The molecule has 3 aliphatic rings. The molecule has 5 aromatic carbocycles. The van der Waals surface area contributed by atoms with Crippen molar-refractivity contribution in [3.8, 4) is 11.1 Å². The fraction of sp³-hybridized carbons (Fsp3) is 0.163. The molecule has 0 radical (unpaired) electrons. The number of hydrogen-bond acceptors (Lipinski definition) is 1. The molecule has 1 aromatic heterocycles. The molecule has 1 nitrogen and oxygen atoms in total. The van der Waals surface area contributed by atoms with Gasteiger partial charge in [0.25, 0.3) is 0 Å². The van der Waals surface area contributed by atoms with E-state index in [4.69, 9.17) is 4.42 Å². The first kappa shape index (κ1) is 25.6. The lowest BCUT2D eigenvalue weighted by molar-refractivity contribution is 0.540. The minimum Gasteiger partial charge on any atom is -0.456 e. The highest BCUT2D eigenvalue weighted by molar-refractivity contribution is 6.11. The minimum absolute atomic E-state index is 0.297. The highest BCUT2D eigenvalue weighted by Crippen LogP contribution is 2.56. The maximum atomic E-state index is 6.41. The Morgan fingerprint density at radius 2 is 1.39 bits per heavy atom. The molecule has 9 rings (SSSR count). The normalized spacial score (nSPS) is 21.3. The van der Waals surface area contributed by atoms with Crippen LogP contribution in [0, 0.1) is 11.8 Å². The van der Waals surface area contributed by atoms with Gasteiger partial charge in [0.2, 0.25) is 0 Å². The second kappa shape index (κ2) is 10.1. The maximum absolute atomic E-state index is 6.41. The van der Waals surface area contributed by atoms with E-state index < -0.39 is 0 Å². The van der Waals surface area contributed by atoms with Gasteiger partial charge in [-0.1, -0.05) is 122 Å². The van der Waals surface area contributed by atoms with E-state index in [0.717, 1.165) is 30.4 Å². The number of rotatable bonds is 3. The Hall–Kier alpha value is -4.88. The summed E-state index contributed by atoms with van der Waals surface area (Å²) in [6.45, 7) is 2.36. The van der Waals surface area contributed by atoms with E-state index in [1.165, 1.54) is 60.5 Å². The van der Waals surface area contributed by atoms with Gasteiger partial charge >= 0.3 is 0 Å². The predicted octanol–water partition coefficient (Wildman–Crippen LogP) is 11.8. The van der Waals surface area contributed by atoms with Gasteiger partial charge in [0, 0.05) is 22.6 Å². The van der Waals surface area contributed by atoms with Crippen molar-refractivity contribution in [2.45, 2.75) is 32.1 Å². The SMILES string of the molecule is CC1C=CC2C(=C(c3ccc4oc5cc6ccccc6cc5c4c3)C3=CCCC=C3C2c2ccccc2-c2ccccc2)C1. The Bertz CT molecular complexity index is 2220. The van der Waals surface area contributed by atoms with Crippen LogP contribution in [0.4, 0.5) is 0 Å². The van der Waals surface area contributed by atoms with Crippen LogP contribution in [0.2, 0.25) is 0 Å². The second-order valence-electron chi connectivity index (χ2n) is 12.8. The Morgan fingerprint density at radius 3 is 2.27 bits per heavy atom. The van der Waals surface area contributed by atoms with Crippen molar-refractivity contribution in [2.24, 2.45) is 11.8 Å². The van der Waals surface area contributed by atoms with E-state index >= 15 is 0 Å². The number of allylic oxidation sites excluding steroid dienone is 8. The molecule has 0 fully saturated rings. The molecule has 0 bridgehead atoms. The van der Waals surface area contributed by atoms with Crippen molar-refractivity contribution < 1.29 is 4.42 Å². The molecule has 44 heavy (non-hydrogen) atoms. The smallest absolute Gasteiger partial charge is 0.136 e. The zero-order valence-electron chi connectivity index (χ0n) is 25.0. The second-order valence-corrected chi connectivity index (χ2v) is 12.8. The van der Waals surface area contributed by atoms with Crippen LogP contribution in [-0.4, -0.2) is 0 Å². The molecule has 0 amide bonds. The summed E-state index contributed by atoms with van der Waals surface area (Å²) in [5, 5.41) is 4.86. The summed E-state index contributed by atoms with van der Waals surface area (Å²) in [6, 6.07) is 40.0. The summed E-state index contributed by atoms with van der Waals surface area (Å²) in [5.41, 5.74) is 13.2. The molecule has 0 N–H and O–H groups in total. The Labute approximate surface area is 258 Å². The molecule has 3 atom stereocenters. The largest absolute Gasteiger partial charge is 0.456 e. The Kier molecular flexibility index (Phi) is 5.88. The highest BCUT2D eigenvalue weighted by Gasteiger charge is 2.40. The first-order chi connectivity index (χ1) is 21.7. The molecular weight excluding hydrogens is 532 g/mol. The highest BCUT2D eigenvalue weighted by atomic mass is 16.3. The summed E-state index contributed by atoms with van der Waals surface area (Å²) >= 11 is 0. The van der Waals surface area contributed by atoms with Crippen LogP contribution in [0.5, 0.6) is 0 Å². The fourth-order valence-electron chi connectivity index (χ4n) is 8.13. The zero-order chi connectivity index (χ0) is 29.2. The van der Waals surface area contributed by atoms with Crippen molar-refractivity contribution >= 4 is 38.3 Å². The fourth-order valence-corrected chi connectivity index (χ4v) is 8.13. The summed E-state index contributed by atoms with van der Waals surface area (Å²) in [6.07, 6.45) is 13.3. The van der Waals surface area contributed by atoms with Gasteiger partial charge in [-0.05, 0) is 99.2 Å². The molecule has 0 spiro atoms. The monoisotopic (exact) mass is 566 g/mol. The molecule has 0 aliphatic heterocycles. The van der Waals surface area contributed by atoms with Crippen molar-refractivity contribution in [3.63, 3.8) is 0 Å². The van der Waals surface area contributed by atoms with Crippen LogP contribution in [-0.2, 0) is 0 Å². The number of fused-ring (bicyclic) bond motifs is 6. The number of hydrogen-bond donors (Lipinski definition) is 0. The molecule has 6 aromatic rings. The lowest BCUT2D eigenvalue weighted by atomic mass is 9.61. The van der Waals surface area contributed by atoms with Gasteiger partial charge in [0.15, 0.2) is 0 Å². The standard InChI is InChI=1S/C43H34O/c1-27-19-21-36-39(23-27)42(31-20-22-40-37(25-31)38-24-29-13-5-6-14-30(29)26-41(38)44-40)34-17-9-10-18-35(34)43(36)33-16-8-7-15-32(33)28-11-3-2-4-12-28/h2-8,11-22,24-27,36,43H,9-10,23H2,1H3. The van der Waals surface area contributed by atoms with E-state index in [1.54, 1.807) is 5.57 Å². The predicted molar refractivity (Wildman–Crippen MR) is 185 cm³/mol. The molecule has 1 heteroatoms. The van der Waals surface area contributed by atoms with E-state index in [1.807, 2.05) is 0 Å². The average molecular weight is 567 g/mol. The molecule has 0 saturated heterocycles. The van der Waals surface area contributed by atoms with Gasteiger partial charge in [-0.25, -0.2) is 0 Å². The van der Waals surface area contributed by atoms with Gasteiger partial charge in [-0.15, -0.1) is 0 Å². The lowest BCUT2D eigenvalue weighted by Gasteiger charge is -2.42. The molecule has 3 unspecified atom stereocenters. The zero-order valence-corrected chi connectivity index (χ0v) is 25.0. The van der Waals surface area contributed by atoms with Gasteiger partial charge in [-0.3, -0.25) is 0 Å². The number of furan rings is 1. The first-order valence-electron chi connectivity index (χ1n) is 16.0. The summed E-state index contributed by atoms with van der Waals surface area (Å²) in [5.74, 6) is 1.14. The Balaban J connectivity index is 1.27. The Morgan fingerprint density at radius 1 is 0.636 bits per heavy atom. The third kappa shape index (κ3) is 3.99. The van der Waals surface area contributed by atoms with Crippen molar-refractivity contribution in [1.29, 1.82) is 0 Å². The van der Waals surface area contributed by atoms with Crippen LogP contribution in [0.1, 0.15) is 43.2 Å². The van der Waals surface area contributed by atoms with Crippen LogP contribution < -0.4 is 0 Å². The van der Waals surface area contributed by atoms with E-state index in [0.29, 0.717) is 17.8 Å². The lowest BCUT2D eigenvalue weighted by Crippen LogP contribution is -2.28. The van der Waals surface area contributed by atoms with Crippen LogP contribution in [0.3, 0.4) is 0 Å². The molecule has 212 valence electrons.